The van der Waals surface area contributed by atoms with Gasteiger partial charge in [-0.3, -0.25) is 9.59 Å². The Morgan fingerprint density at radius 1 is 1.18 bits per heavy atom. The van der Waals surface area contributed by atoms with Crippen LogP contribution in [0.25, 0.3) is 0 Å². The third kappa shape index (κ3) is 4.71. The van der Waals surface area contributed by atoms with Crippen molar-refractivity contribution < 1.29 is 32.6 Å². The lowest BCUT2D eigenvalue weighted by molar-refractivity contribution is -0.144. The van der Waals surface area contributed by atoms with Crippen molar-refractivity contribution in [2.24, 2.45) is 34.5 Å². The van der Waals surface area contributed by atoms with Crippen LogP contribution in [-0.2, 0) is 23.9 Å². The zero-order chi connectivity index (χ0) is 27.9. The fraction of sp³-hybridized carbons (Fsp3) is 0.633. The number of hydrogen-bond acceptors (Lipinski definition) is 6. The first-order chi connectivity index (χ1) is 17.9. The van der Waals surface area contributed by atoms with Gasteiger partial charge in [0.2, 0.25) is 0 Å². The normalized spacial score (nSPS) is 39.7. The number of halogens is 2. The van der Waals surface area contributed by atoms with E-state index in [9.17, 15) is 14.4 Å². The van der Waals surface area contributed by atoms with Gasteiger partial charge in [-0.05, 0) is 81.1 Å². The summed E-state index contributed by atoms with van der Waals surface area (Å²) in [5.41, 5.74) is -2.93. The number of ketones is 1. The van der Waals surface area contributed by atoms with Crippen LogP contribution in [0.15, 0.2) is 48.3 Å². The molecule has 0 N–H and O–H groups in total. The smallest absolute Gasteiger partial charge is 0.372 e. The first-order valence-corrected chi connectivity index (χ1v) is 14.5. The highest BCUT2D eigenvalue weighted by atomic mass is 32.2. The number of ether oxygens (including phenoxy) is 2. The van der Waals surface area contributed by atoms with E-state index in [1.165, 1.54) is 23.9 Å². The van der Waals surface area contributed by atoms with Gasteiger partial charge in [0, 0.05) is 23.0 Å². The Morgan fingerprint density at radius 2 is 1.92 bits per heavy atom. The Hall–Kier alpha value is -2.22. The van der Waals surface area contributed by atoms with Crippen molar-refractivity contribution in [3.8, 4) is 0 Å². The first-order valence-electron chi connectivity index (χ1n) is 13.5. The summed E-state index contributed by atoms with van der Waals surface area (Å²) in [6.07, 6.45) is 7.96. The van der Waals surface area contributed by atoms with Gasteiger partial charge in [-0.2, -0.15) is 0 Å². The lowest BCUT2D eigenvalue weighted by atomic mass is 9.46. The SMILES string of the molecule is C=C(OC/C=C/CSC(=O)C1[C@H](C)CC2C3C[C@H](F)C4=CC(=O)C=CC4(C)[C@@]3(F)CCC21C)C(=O)OCC. The van der Waals surface area contributed by atoms with Crippen molar-refractivity contribution in [3.63, 3.8) is 0 Å². The van der Waals surface area contributed by atoms with Gasteiger partial charge in [-0.15, -0.1) is 0 Å². The highest BCUT2D eigenvalue weighted by molar-refractivity contribution is 8.13. The molecule has 0 aromatic heterocycles. The lowest BCUT2D eigenvalue weighted by Crippen LogP contribution is -2.62. The largest absolute Gasteiger partial charge is 0.483 e. The summed E-state index contributed by atoms with van der Waals surface area (Å²) < 4.78 is 42.6. The summed E-state index contributed by atoms with van der Waals surface area (Å²) in [4.78, 5) is 36.9. The summed E-state index contributed by atoms with van der Waals surface area (Å²) in [7, 11) is 0. The van der Waals surface area contributed by atoms with Crippen LogP contribution in [0.4, 0.5) is 8.78 Å². The molecule has 3 fully saturated rings. The zero-order valence-corrected chi connectivity index (χ0v) is 23.5. The first kappa shape index (κ1) is 28.8. The van der Waals surface area contributed by atoms with Crippen molar-refractivity contribution >= 4 is 28.6 Å². The molecule has 0 aliphatic heterocycles. The monoisotopic (exact) mass is 548 g/mol. The average molecular weight is 549 g/mol. The number of thioether (sulfide) groups is 1. The number of alkyl halides is 2. The minimum absolute atomic E-state index is 0.0555. The van der Waals surface area contributed by atoms with Crippen LogP contribution in [-0.4, -0.2) is 47.7 Å². The molecule has 3 saturated carbocycles. The van der Waals surface area contributed by atoms with Crippen molar-refractivity contribution in [2.75, 3.05) is 19.0 Å². The Bertz CT molecular complexity index is 1100. The second-order valence-electron chi connectivity index (χ2n) is 11.6. The Kier molecular flexibility index (Phi) is 8.14. The van der Waals surface area contributed by atoms with Crippen molar-refractivity contribution in [1.29, 1.82) is 0 Å². The fourth-order valence-electron chi connectivity index (χ4n) is 7.72. The van der Waals surface area contributed by atoms with E-state index >= 15 is 8.78 Å². The topological polar surface area (TPSA) is 69.7 Å². The van der Waals surface area contributed by atoms with Crippen LogP contribution in [0.2, 0.25) is 0 Å². The van der Waals surface area contributed by atoms with E-state index in [1.807, 2.05) is 6.08 Å². The number of allylic oxidation sites excluding steroid dienone is 4. The molecule has 0 aromatic carbocycles. The molecule has 4 rings (SSSR count). The van der Waals surface area contributed by atoms with Crippen LogP contribution in [0, 0.1) is 34.5 Å². The van der Waals surface area contributed by atoms with E-state index in [4.69, 9.17) is 9.47 Å². The van der Waals surface area contributed by atoms with Gasteiger partial charge in [0.05, 0.1) is 6.61 Å². The van der Waals surface area contributed by atoms with E-state index in [1.54, 1.807) is 26.0 Å². The number of esters is 1. The van der Waals surface area contributed by atoms with Crippen molar-refractivity contribution in [2.45, 2.75) is 65.2 Å². The minimum atomic E-state index is -1.65. The van der Waals surface area contributed by atoms with Gasteiger partial charge in [0.1, 0.15) is 18.4 Å². The number of rotatable bonds is 8. The van der Waals surface area contributed by atoms with E-state index in [0.29, 0.717) is 18.6 Å². The molecule has 4 aliphatic carbocycles. The van der Waals surface area contributed by atoms with Gasteiger partial charge in [0.15, 0.2) is 16.7 Å². The summed E-state index contributed by atoms with van der Waals surface area (Å²) in [5.74, 6) is -1.28. The minimum Gasteiger partial charge on any atom is -0.483 e. The number of carbonyl (C=O) groups excluding carboxylic acids is 3. The molecule has 0 heterocycles. The van der Waals surface area contributed by atoms with Gasteiger partial charge in [0.25, 0.3) is 0 Å². The van der Waals surface area contributed by atoms with Crippen LogP contribution in [0.1, 0.15) is 53.4 Å². The molecule has 0 radical (unpaired) electrons. The van der Waals surface area contributed by atoms with Crippen LogP contribution >= 0.6 is 11.8 Å². The average Bonchev–Trinajstić information content (AvgIpc) is 3.14. The summed E-state index contributed by atoms with van der Waals surface area (Å²) in [6, 6.07) is 0. The maximum atomic E-state index is 17.1. The third-order valence-electron chi connectivity index (χ3n) is 9.59. The zero-order valence-electron chi connectivity index (χ0n) is 22.6. The van der Waals surface area contributed by atoms with Crippen LogP contribution in [0.5, 0.6) is 0 Å². The predicted octanol–water partition coefficient (Wildman–Crippen LogP) is 6.11. The van der Waals surface area contributed by atoms with Crippen LogP contribution in [0.3, 0.4) is 0 Å². The van der Waals surface area contributed by atoms with E-state index in [0.717, 1.165) is 0 Å². The lowest BCUT2D eigenvalue weighted by Gasteiger charge is -2.60. The molecular formula is C30H38F2O5S. The van der Waals surface area contributed by atoms with Gasteiger partial charge >= 0.3 is 5.97 Å². The number of carbonyl (C=O) groups is 3. The molecule has 5 unspecified atom stereocenters. The van der Waals surface area contributed by atoms with Crippen molar-refractivity contribution in [3.05, 3.63) is 48.3 Å². The third-order valence-corrected chi connectivity index (χ3v) is 10.5. The van der Waals surface area contributed by atoms with Crippen LogP contribution < -0.4 is 0 Å². The second-order valence-corrected chi connectivity index (χ2v) is 12.6. The summed E-state index contributed by atoms with van der Waals surface area (Å²) >= 11 is 1.23. The highest BCUT2D eigenvalue weighted by Crippen LogP contribution is 2.70. The molecule has 0 amide bonds. The molecule has 8 heteroatoms. The molecular weight excluding hydrogens is 510 g/mol. The van der Waals surface area contributed by atoms with Gasteiger partial charge < -0.3 is 9.47 Å². The molecule has 0 bridgehead atoms. The summed E-state index contributed by atoms with van der Waals surface area (Å²) in [6.45, 7) is 11.5. The number of fused-ring (bicyclic) bond motifs is 5. The Morgan fingerprint density at radius 3 is 2.63 bits per heavy atom. The van der Waals surface area contributed by atoms with E-state index < -0.39 is 34.6 Å². The molecule has 4 aliphatic rings. The Balaban J connectivity index is 1.42. The molecule has 0 saturated heterocycles. The maximum absolute atomic E-state index is 17.1. The summed E-state index contributed by atoms with van der Waals surface area (Å²) in [5, 5.41) is 0.0814. The Labute approximate surface area is 228 Å². The second kappa shape index (κ2) is 10.7. The highest BCUT2D eigenvalue weighted by Gasteiger charge is 2.69. The van der Waals surface area contributed by atoms with Gasteiger partial charge in [-0.25, -0.2) is 13.6 Å². The molecule has 0 aromatic rings. The van der Waals surface area contributed by atoms with Crippen molar-refractivity contribution in [1.82, 2.24) is 0 Å². The van der Waals surface area contributed by atoms with E-state index in [2.05, 4.69) is 20.4 Å². The fourth-order valence-corrected chi connectivity index (χ4v) is 8.80. The molecule has 0 spiro atoms. The molecule has 5 nitrogen and oxygen atoms in total. The quantitative estimate of drug-likeness (QED) is 0.158. The van der Waals surface area contributed by atoms with Gasteiger partial charge in [-0.1, -0.05) is 43.8 Å². The maximum Gasteiger partial charge on any atom is 0.372 e. The molecule has 38 heavy (non-hydrogen) atoms. The van der Waals surface area contributed by atoms with E-state index in [-0.39, 0.29) is 66.0 Å². The molecule has 208 valence electrons. The number of hydrogen-bond donors (Lipinski definition) is 0. The predicted molar refractivity (Wildman–Crippen MR) is 144 cm³/mol. The molecule has 8 atom stereocenters. The standard InChI is InChI=1S/C30H38F2O5S/c1-6-36-26(34)19(3)37-13-7-8-14-38-27(35)25-18(2)15-21-22-17-24(31)23-16-20(33)9-10-29(23,5)30(22,32)12-11-28(21,25)4/h7-10,16,18,21-22,24-25H,3,6,11-15,17H2,1-2,4-5H3/b8-7+/t18-,21?,22?,24+,25?,28?,29?,30-/m1/s1.